The van der Waals surface area contributed by atoms with E-state index in [2.05, 4.69) is 30.3 Å². The molecule has 1 unspecified atom stereocenters. The number of methoxy groups -OCH3 is 1. The van der Waals surface area contributed by atoms with Crippen LogP contribution >= 0.6 is 0 Å². The Balaban J connectivity index is 2.02. The smallest absolute Gasteiger partial charge is 0.335 e. The summed E-state index contributed by atoms with van der Waals surface area (Å²) in [6, 6.07) is 18.5. The maximum absolute atomic E-state index is 12.1. The van der Waals surface area contributed by atoms with Crippen LogP contribution in [0.15, 0.2) is 54.6 Å². The van der Waals surface area contributed by atoms with E-state index in [9.17, 15) is 4.79 Å². The molecule has 0 radical (unpaired) electrons. The molecule has 3 aromatic rings. The molecule has 3 rings (SSSR count). The molecule has 0 saturated heterocycles. The first kappa shape index (κ1) is 15.5. The van der Waals surface area contributed by atoms with E-state index >= 15 is 0 Å². The van der Waals surface area contributed by atoms with E-state index < -0.39 is 6.10 Å². The van der Waals surface area contributed by atoms with Gasteiger partial charge < -0.3 is 9.47 Å². The van der Waals surface area contributed by atoms with E-state index in [1.807, 2.05) is 31.2 Å². The van der Waals surface area contributed by atoms with Crippen LogP contribution in [0.5, 0.6) is 0 Å². The molecule has 3 heteroatoms. The van der Waals surface area contributed by atoms with Crippen molar-refractivity contribution in [3.63, 3.8) is 0 Å². The van der Waals surface area contributed by atoms with Gasteiger partial charge in [0.15, 0.2) is 6.10 Å². The van der Waals surface area contributed by atoms with Gasteiger partial charge in [-0.3, -0.25) is 0 Å². The van der Waals surface area contributed by atoms with Crippen molar-refractivity contribution in [2.75, 3.05) is 7.11 Å². The Labute approximate surface area is 135 Å². The maximum Gasteiger partial charge on any atom is 0.335 e. The molecule has 0 spiro atoms. The highest BCUT2D eigenvalue weighted by Gasteiger charge is 2.18. The number of fused-ring (bicyclic) bond motifs is 2. The SMILES string of the molecule is CCC(OC)C(=O)OCc1c2ccccc2cc2ccccc12. The van der Waals surface area contributed by atoms with E-state index in [0.29, 0.717) is 6.42 Å². The third-order valence-electron chi connectivity index (χ3n) is 4.16. The molecule has 0 N–H and O–H groups in total. The molecule has 23 heavy (non-hydrogen) atoms. The fourth-order valence-electron chi connectivity index (χ4n) is 2.93. The van der Waals surface area contributed by atoms with Gasteiger partial charge in [0.1, 0.15) is 6.61 Å². The number of hydrogen-bond acceptors (Lipinski definition) is 3. The Morgan fingerprint density at radius 1 is 1.00 bits per heavy atom. The molecule has 0 aromatic heterocycles. The molecule has 0 aliphatic carbocycles. The first-order chi connectivity index (χ1) is 11.2. The summed E-state index contributed by atoms with van der Waals surface area (Å²) in [4.78, 5) is 12.1. The number of ether oxygens (including phenoxy) is 2. The van der Waals surface area contributed by atoms with Crippen molar-refractivity contribution in [1.82, 2.24) is 0 Å². The topological polar surface area (TPSA) is 35.5 Å². The van der Waals surface area contributed by atoms with Crippen LogP contribution in [0.25, 0.3) is 21.5 Å². The minimum Gasteiger partial charge on any atom is -0.459 e. The molecular weight excluding hydrogens is 288 g/mol. The first-order valence-corrected chi connectivity index (χ1v) is 7.83. The Kier molecular flexibility index (Phi) is 4.58. The molecule has 1 atom stereocenters. The Hall–Kier alpha value is -2.39. The maximum atomic E-state index is 12.1. The normalized spacial score (nSPS) is 12.4. The highest BCUT2D eigenvalue weighted by Crippen LogP contribution is 2.29. The van der Waals surface area contributed by atoms with E-state index in [-0.39, 0.29) is 12.6 Å². The Morgan fingerprint density at radius 2 is 1.57 bits per heavy atom. The molecule has 118 valence electrons. The average molecular weight is 308 g/mol. The Morgan fingerprint density at radius 3 is 2.09 bits per heavy atom. The van der Waals surface area contributed by atoms with Crippen molar-refractivity contribution < 1.29 is 14.3 Å². The van der Waals surface area contributed by atoms with Crippen LogP contribution < -0.4 is 0 Å². The van der Waals surface area contributed by atoms with Gasteiger partial charge in [0.25, 0.3) is 0 Å². The highest BCUT2D eigenvalue weighted by molar-refractivity contribution is 6.02. The van der Waals surface area contributed by atoms with Gasteiger partial charge in [-0.05, 0) is 34.0 Å². The summed E-state index contributed by atoms with van der Waals surface area (Å²) >= 11 is 0. The van der Waals surface area contributed by atoms with Crippen molar-refractivity contribution in [3.8, 4) is 0 Å². The number of rotatable bonds is 5. The summed E-state index contributed by atoms with van der Waals surface area (Å²) in [5, 5.41) is 4.53. The molecule has 0 bridgehead atoms. The zero-order valence-corrected chi connectivity index (χ0v) is 13.4. The number of carbonyl (C=O) groups excluding carboxylic acids is 1. The van der Waals surface area contributed by atoms with Crippen molar-refractivity contribution in [3.05, 3.63) is 60.2 Å². The van der Waals surface area contributed by atoms with Crippen LogP contribution in [0.2, 0.25) is 0 Å². The summed E-state index contributed by atoms with van der Waals surface area (Å²) in [6.07, 6.45) is 0.0993. The van der Waals surface area contributed by atoms with Gasteiger partial charge in [0.2, 0.25) is 0 Å². The van der Waals surface area contributed by atoms with Gasteiger partial charge in [-0.1, -0.05) is 55.5 Å². The number of benzene rings is 3. The molecule has 0 fully saturated rings. The second-order valence-corrected chi connectivity index (χ2v) is 5.54. The quantitative estimate of drug-likeness (QED) is 0.515. The zero-order valence-electron chi connectivity index (χ0n) is 13.4. The van der Waals surface area contributed by atoms with E-state index in [0.717, 1.165) is 27.1 Å². The lowest BCUT2D eigenvalue weighted by atomic mass is 9.97. The second-order valence-electron chi connectivity index (χ2n) is 5.54. The lowest BCUT2D eigenvalue weighted by molar-refractivity contribution is -0.156. The van der Waals surface area contributed by atoms with Gasteiger partial charge in [-0.2, -0.15) is 0 Å². The lowest BCUT2D eigenvalue weighted by Gasteiger charge is -2.15. The summed E-state index contributed by atoms with van der Waals surface area (Å²) in [7, 11) is 1.53. The monoisotopic (exact) mass is 308 g/mol. The lowest BCUT2D eigenvalue weighted by Crippen LogP contribution is -2.24. The fourth-order valence-corrected chi connectivity index (χ4v) is 2.93. The van der Waals surface area contributed by atoms with Crippen LogP contribution in [0.3, 0.4) is 0 Å². The predicted octanol–water partition coefficient (Wildman–Crippen LogP) is 4.46. The summed E-state index contributed by atoms with van der Waals surface area (Å²) in [5.41, 5.74) is 1.04. The molecule has 0 amide bonds. The van der Waals surface area contributed by atoms with Gasteiger partial charge in [-0.15, -0.1) is 0 Å². The molecule has 0 aliphatic heterocycles. The van der Waals surface area contributed by atoms with Crippen LogP contribution in [0.1, 0.15) is 18.9 Å². The third kappa shape index (κ3) is 3.06. The van der Waals surface area contributed by atoms with Crippen LogP contribution in [-0.2, 0) is 20.9 Å². The van der Waals surface area contributed by atoms with Crippen molar-refractivity contribution in [2.24, 2.45) is 0 Å². The molecule has 0 saturated carbocycles. The van der Waals surface area contributed by atoms with E-state index in [1.165, 1.54) is 7.11 Å². The molecule has 0 heterocycles. The molecule has 3 nitrogen and oxygen atoms in total. The molecular formula is C20H20O3. The third-order valence-corrected chi connectivity index (χ3v) is 4.16. The van der Waals surface area contributed by atoms with Crippen molar-refractivity contribution >= 4 is 27.5 Å². The van der Waals surface area contributed by atoms with Gasteiger partial charge in [0.05, 0.1) is 0 Å². The zero-order chi connectivity index (χ0) is 16.2. The molecule has 0 aliphatic rings. The van der Waals surface area contributed by atoms with Gasteiger partial charge in [0, 0.05) is 12.7 Å². The number of esters is 1. The standard InChI is InChI=1S/C20H20O3/c1-3-19(22-2)20(21)23-13-18-16-10-6-4-8-14(16)12-15-9-5-7-11-17(15)18/h4-12,19H,3,13H2,1-2H3. The average Bonchev–Trinajstić information content (AvgIpc) is 2.59. The number of hydrogen-bond donors (Lipinski definition) is 0. The Bertz CT molecular complexity index is 781. The summed E-state index contributed by atoms with van der Waals surface area (Å²) in [5.74, 6) is -0.313. The number of carbonyl (C=O) groups is 1. The van der Waals surface area contributed by atoms with E-state index in [1.54, 1.807) is 0 Å². The fraction of sp³-hybridized carbons (Fsp3) is 0.250. The predicted molar refractivity (Wildman–Crippen MR) is 92.3 cm³/mol. The van der Waals surface area contributed by atoms with E-state index in [4.69, 9.17) is 9.47 Å². The second kappa shape index (κ2) is 6.80. The summed E-state index contributed by atoms with van der Waals surface area (Å²) in [6.45, 7) is 2.16. The van der Waals surface area contributed by atoms with Crippen LogP contribution in [-0.4, -0.2) is 19.2 Å². The largest absolute Gasteiger partial charge is 0.459 e. The first-order valence-electron chi connectivity index (χ1n) is 7.83. The van der Waals surface area contributed by atoms with Crippen LogP contribution in [0, 0.1) is 0 Å². The molecule has 3 aromatic carbocycles. The van der Waals surface area contributed by atoms with Crippen LogP contribution in [0.4, 0.5) is 0 Å². The van der Waals surface area contributed by atoms with Crippen molar-refractivity contribution in [1.29, 1.82) is 0 Å². The van der Waals surface area contributed by atoms with Gasteiger partial charge >= 0.3 is 5.97 Å². The minimum absolute atomic E-state index is 0.251. The minimum atomic E-state index is -0.503. The highest BCUT2D eigenvalue weighted by atomic mass is 16.6. The van der Waals surface area contributed by atoms with Gasteiger partial charge in [-0.25, -0.2) is 4.79 Å². The van der Waals surface area contributed by atoms with Crippen molar-refractivity contribution in [2.45, 2.75) is 26.1 Å². The summed E-state index contributed by atoms with van der Waals surface area (Å²) < 4.78 is 10.7.